The van der Waals surface area contributed by atoms with Crippen molar-refractivity contribution in [1.82, 2.24) is 9.80 Å². The molecule has 0 N–H and O–H groups in total. The van der Waals surface area contributed by atoms with Crippen molar-refractivity contribution in [2.45, 2.75) is 38.6 Å². The van der Waals surface area contributed by atoms with Crippen LogP contribution in [-0.4, -0.2) is 47.3 Å². The van der Waals surface area contributed by atoms with Crippen molar-refractivity contribution < 1.29 is 9.59 Å². The molecule has 0 unspecified atom stereocenters. The molecule has 0 aliphatic carbocycles. The predicted molar refractivity (Wildman–Crippen MR) is 95.3 cm³/mol. The predicted octanol–water partition coefficient (Wildman–Crippen LogP) is 3.40. The molecule has 4 rings (SSSR count). The number of hydrogen-bond donors (Lipinski definition) is 0. The van der Waals surface area contributed by atoms with Crippen LogP contribution >= 0.6 is 23.2 Å². The minimum absolute atomic E-state index is 0.0481. The zero-order valence-electron chi connectivity index (χ0n) is 13.8. The van der Waals surface area contributed by atoms with Gasteiger partial charge in [-0.2, -0.15) is 0 Å². The minimum Gasteiger partial charge on any atom is -0.340 e. The van der Waals surface area contributed by atoms with Crippen molar-refractivity contribution in [1.29, 1.82) is 0 Å². The van der Waals surface area contributed by atoms with E-state index < -0.39 is 0 Å². The molecule has 0 spiro atoms. The van der Waals surface area contributed by atoms with Gasteiger partial charge in [0.25, 0.3) is 0 Å². The number of hydrogen-bond acceptors (Lipinski definition) is 2. The van der Waals surface area contributed by atoms with Crippen molar-refractivity contribution in [2.75, 3.05) is 19.6 Å². The van der Waals surface area contributed by atoms with E-state index in [9.17, 15) is 9.59 Å². The van der Waals surface area contributed by atoms with E-state index in [0.717, 1.165) is 31.4 Å². The summed E-state index contributed by atoms with van der Waals surface area (Å²) in [6.07, 6.45) is 3.12. The Morgan fingerprint density at radius 3 is 2.71 bits per heavy atom. The Bertz CT molecular complexity index is 650. The van der Waals surface area contributed by atoms with Crippen molar-refractivity contribution in [3.63, 3.8) is 0 Å². The van der Waals surface area contributed by atoms with Crippen LogP contribution in [0.1, 0.15) is 31.7 Å². The highest BCUT2D eigenvalue weighted by Gasteiger charge is 2.41. The first-order chi connectivity index (χ1) is 11.5. The zero-order chi connectivity index (χ0) is 17.3. The Hall–Kier alpha value is -1.26. The highest BCUT2D eigenvalue weighted by atomic mass is 35.5. The summed E-state index contributed by atoms with van der Waals surface area (Å²) in [4.78, 5) is 29.1. The molecule has 0 aromatic heterocycles. The molecule has 2 atom stereocenters. The SMILES string of the molecule is CCCN1C(=O)[C@H]2CC[C@@H]1CN(C(=O)Cc1ccc(Cl)c(Cl)c1)C2. The quantitative estimate of drug-likeness (QED) is 0.816. The topological polar surface area (TPSA) is 40.6 Å². The van der Waals surface area contributed by atoms with E-state index in [0.29, 0.717) is 23.1 Å². The van der Waals surface area contributed by atoms with Gasteiger partial charge in [-0.15, -0.1) is 0 Å². The number of halogens is 2. The number of benzene rings is 1. The van der Waals surface area contributed by atoms with Crippen molar-refractivity contribution in [3.05, 3.63) is 33.8 Å². The molecule has 3 fully saturated rings. The third-order valence-electron chi connectivity index (χ3n) is 4.95. The maximum Gasteiger partial charge on any atom is 0.227 e. The molecule has 3 aliphatic rings. The lowest BCUT2D eigenvalue weighted by Crippen LogP contribution is -2.48. The summed E-state index contributed by atoms with van der Waals surface area (Å²) < 4.78 is 0. The standard InChI is InChI=1S/C18H22Cl2N2O2/c1-2-7-22-14-5-4-13(18(22)24)10-21(11-14)17(23)9-12-3-6-15(19)16(20)8-12/h3,6,8,13-14H,2,4-5,7,9-11H2,1H3/t13-,14+/m0/s1. The van der Waals surface area contributed by atoms with Crippen molar-refractivity contribution in [3.8, 4) is 0 Å². The fourth-order valence-electron chi connectivity index (χ4n) is 3.71. The first-order valence-electron chi connectivity index (χ1n) is 8.51. The third kappa shape index (κ3) is 3.55. The van der Waals surface area contributed by atoms with Gasteiger partial charge in [-0.05, 0) is 37.0 Å². The zero-order valence-corrected chi connectivity index (χ0v) is 15.3. The van der Waals surface area contributed by atoms with Crippen LogP contribution in [0.3, 0.4) is 0 Å². The van der Waals surface area contributed by atoms with E-state index in [1.54, 1.807) is 12.1 Å². The van der Waals surface area contributed by atoms with Crippen molar-refractivity contribution >= 4 is 35.0 Å². The lowest BCUT2D eigenvalue weighted by atomic mass is 9.94. The van der Waals surface area contributed by atoms with E-state index in [1.807, 2.05) is 15.9 Å². The number of amides is 2. The van der Waals surface area contributed by atoms with Gasteiger partial charge < -0.3 is 9.80 Å². The van der Waals surface area contributed by atoms with Crippen LogP contribution in [0.2, 0.25) is 10.0 Å². The van der Waals surface area contributed by atoms with Crippen molar-refractivity contribution in [2.24, 2.45) is 5.92 Å². The van der Waals surface area contributed by atoms with E-state index in [4.69, 9.17) is 23.2 Å². The van der Waals surface area contributed by atoms with Gasteiger partial charge in [-0.25, -0.2) is 0 Å². The summed E-state index contributed by atoms with van der Waals surface area (Å²) in [6, 6.07) is 5.44. The molecule has 1 aromatic carbocycles. The van der Waals surface area contributed by atoms with Gasteiger partial charge in [0.1, 0.15) is 0 Å². The third-order valence-corrected chi connectivity index (χ3v) is 5.69. The summed E-state index contributed by atoms with van der Waals surface area (Å²) in [6.45, 7) is 4.05. The van der Waals surface area contributed by atoms with Gasteiger partial charge in [0.15, 0.2) is 0 Å². The molecule has 130 valence electrons. The number of piperidine rings is 1. The molecular weight excluding hydrogens is 347 g/mol. The fourth-order valence-corrected chi connectivity index (χ4v) is 4.04. The maximum absolute atomic E-state index is 12.7. The highest BCUT2D eigenvalue weighted by molar-refractivity contribution is 6.42. The number of rotatable bonds is 4. The van der Waals surface area contributed by atoms with Gasteiger partial charge >= 0.3 is 0 Å². The fraction of sp³-hybridized carbons (Fsp3) is 0.556. The Morgan fingerprint density at radius 1 is 1.21 bits per heavy atom. The molecule has 6 heteroatoms. The van der Waals surface area contributed by atoms with Gasteiger partial charge in [0, 0.05) is 25.7 Å². The number of fused-ring (bicyclic) bond motifs is 4. The Morgan fingerprint density at radius 2 is 2.00 bits per heavy atom. The number of nitrogens with zero attached hydrogens (tertiary/aromatic N) is 2. The van der Waals surface area contributed by atoms with Crippen LogP contribution in [0.15, 0.2) is 18.2 Å². The summed E-state index contributed by atoms with van der Waals surface area (Å²) in [7, 11) is 0. The first kappa shape index (κ1) is 17.6. The lowest BCUT2D eigenvalue weighted by molar-refractivity contribution is -0.139. The summed E-state index contributed by atoms with van der Waals surface area (Å²) >= 11 is 12.0. The normalized spacial score (nSPS) is 23.5. The first-order valence-corrected chi connectivity index (χ1v) is 9.27. The second-order valence-corrected chi connectivity index (χ2v) is 7.50. The van der Waals surface area contributed by atoms with Crippen LogP contribution < -0.4 is 0 Å². The van der Waals surface area contributed by atoms with E-state index in [2.05, 4.69) is 6.92 Å². The van der Waals surface area contributed by atoms with Gasteiger partial charge in [0.05, 0.1) is 22.4 Å². The molecule has 3 saturated heterocycles. The van der Waals surface area contributed by atoms with Crippen LogP contribution in [0.4, 0.5) is 0 Å². The molecule has 3 aliphatic heterocycles. The number of carbonyl (C=O) groups is 2. The monoisotopic (exact) mass is 368 g/mol. The molecular formula is C18H22Cl2N2O2. The average molecular weight is 369 g/mol. The summed E-state index contributed by atoms with van der Waals surface area (Å²) in [5.74, 6) is 0.224. The van der Waals surface area contributed by atoms with Gasteiger partial charge in [-0.1, -0.05) is 36.2 Å². The van der Waals surface area contributed by atoms with Crippen LogP contribution in [-0.2, 0) is 16.0 Å². The van der Waals surface area contributed by atoms with Crippen LogP contribution in [0, 0.1) is 5.92 Å². The van der Waals surface area contributed by atoms with Gasteiger partial charge in [-0.3, -0.25) is 9.59 Å². The summed E-state index contributed by atoms with van der Waals surface area (Å²) in [5, 5.41) is 0.948. The molecule has 0 radical (unpaired) electrons. The molecule has 0 saturated carbocycles. The largest absolute Gasteiger partial charge is 0.340 e. The van der Waals surface area contributed by atoms with E-state index in [1.165, 1.54) is 0 Å². The molecule has 24 heavy (non-hydrogen) atoms. The number of carbonyl (C=O) groups excluding carboxylic acids is 2. The lowest BCUT2D eigenvalue weighted by Gasteiger charge is -2.35. The van der Waals surface area contributed by atoms with Crippen LogP contribution in [0.25, 0.3) is 0 Å². The summed E-state index contributed by atoms with van der Waals surface area (Å²) in [5.41, 5.74) is 0.850. The molecule has 3 heterocycles. The smallest absolute Gasteiger partial charge is 0.227 e. The van der Waals surface area contributed by atoms with Gasteiger partial charge in [0.2, 0.25) is 11.8 Å². The molecule has 2 amide bonds. The van der Waals surface area contributed by atoms with E-state index in [-0.39, 0.29) is 30.2 Å². The maximum atomic E-state index is 12.7. The molecule has 1 aromatic rings. The van der Waals surface area contributed by atoms with E-state index >= 15 is 0 Å². The molecule has 4 nitrogen and oxygen atoms in total. The Kier molecular flexibility index (Phi) is 5.36. The molecule has 2 bridgehead atoms. The Balaban J connectivity index is 1.72. The Labute approximate surface area is 152 Å². The second kappa shape index (κ2) is 7.32. The highest BCUT2D eigenvalue weighted by Crippen LogP contribution is 2.30. The average Bonchev–Trinajstić information content (AvgIpc) is 2.84. The van der Waals surface area contributed by atoms with Crippen LogP contribution in [0.5, 0.6) is 0 Å². The minimum atomic E-state index is -0.0481. The second-order valence-electron chi connectivity index (χ2n) is 6.68.